The molecule has 0 N–H and O–H groups in total. The molecule has 3 heterocycles. The summed E-state index contributed by atoms with van der Waals surface area (Å²) in [6.45, 7) is 10.0. The lowest BCUT2D eigenvalue weighted by Crippen LogP contribution is -2.49. The zero-order valence-corrected chi connectivity index (χ0v) is 14.1. The molecule has 2 aromatic rings. The van der Waals surface area contributed by atoms with Crippen LogP contribution in [0.5, 0.6) is 0 Å². The van der Waals surface area contributed by atoms with Gasteiger partial charge in [-0.25, -0.2) is 9.06 Å². The van der Waals surface area contributed by atoms with Crippen LogP contribution in [0.15, 0.2) is 28.5 Å². The second kappa shape index (κ2) is 5.93. The molecule has 0 atom stereocenters. The van der Waals surface area contributed by atoms with E-state index < -0.39 is 0 Å². The average Bonchev–Trinajstić information content (AvgIpc) is 2.90. The quantitative estimate of drug-likeness (QED) is 0.866. The molecule has 1 fully saturated rings. The topological polar surface area (TPSA) is 51.0 Å². The highest BCUT2D eigenvalue weighted by Gasteiger charge is 2.28. The maximum Gasteiger partial charge on any atom is 0.266 e. The fourth-order valence-electron chi connectivity index (χ4n) is 2.71. The minimum absolute atomic E-state index is 0.00603. The Bertz CT molecular complexity index is 681. The van der Waals surface area contributed by atoms with E-state index in [9.17, 15) is 4.79 Å². The molecule has 118 valence electrons. The van der Waals surface area contributed by atoms with Crippen molar-refractivity contribution in [1.29, 1.82) is 0 Å². The third kappa shape index (κ3) is 3.44. The first kappa shape index (κ1) is 15.4. The first-order valence-corrected chi connectivity index (χ1v) is 8.45. The van der Waals surface area contributed by atoms with Crippen LogP contribution in [0.1, 0.15) is 32.0 Å². The van der Waals surface area contributed by atoms with Crippen LogP contribution in [0.25, 0.3) is 0 Å². The van der Waals surface area contributed by atoms with Crippen LogP contribution < -0.4 is 5.56 Å². The molecule has 1 aliphatic rings. The summed E-state index contributed by atoms with van der Waals surface area (Å²) >= 11 is 1.49. The smallest absolute Gasteiger partial charge is 0.266 e. The number of aromatic nitrogens is 3. The third-order valence-electron chi connectivity index (χ3n) is 3.99. The SMILES string of the molecule is CC(C)(C)c1ccc(=O)n(CC2CN(Cc3cnsc3)C2)n1. The Kier molecular flexibility index (Phi) is 4.14. The molecule has 1 saturated heterocycles. The second-order valence-corrected chi connectivity index (χ2v) is 7.74. The van der Waals surface area contributed by atoms with Crippen LogP contribution >= 0.6 is 11.5 Å². The predicted molar refractivity (Wildman–Crippen MR) is 88.1 cm³/mol. The maximum absolute atomic E-state index is 12.0. The molecular formula is C16H22N4OS. The van der Waals surface area contributed by atoms with E-state index in [1.54, 1.807) is 10.7 Å². The molecule has 0 bridgehead atoms. The van der Waals surface area contributed by atoms with Crippen LogP contribution in [-0.2, 0) is 18.5 Å². The van der Waals surface area contributed by atoms with Crippen molar-refractivity contribution in [1.82, 2.24) is 19.1 Å². The van der Waals surface area contributed by atoms with Gasteiger partial charge in [0.15, 0.2) is 0 Å². The van der Waals surface area contributed by atoms with Gasteiger partial charge < -0.3 is 0 Å². The Labute approximate surface area is 134 Å². The van der Waals surface area contributed by atoms with Crippen molar-refractivity contribution in [2.75, 3.05) is 13.1 Å². The van der Waals surface area contributed by atoms with Crippen LogP contribution in [0.2, 0.25) is 0 Å². The predicted octanol–water partition coefficient (Wildman–Crippen LogP) is 2.13. The molecule has 0 unspecified atom stereocenters. The van der Waals surface area contributed by atoms with Gasteiger partial charge in [-0.05, 0) is 23.2 Å². The summed E-state index contributed by atoms with van der Waals surface area (Å²) in [5.41, 5.74) is 2.20. The number of hydrogen-bond acceptors (Lipinski definition) is 5. The molecular weight excluding hydrogens is 296 g/mol. The molecule has 5 nitrogen and oxygen atoms in total. The molecule has 6 heteroatoms. The van der Waals surface area contributed by atoms with Crippen molar-refractivity contribution in [2.45, 2.75) is 39.3 Å². The number of likely N-dealkylation sites (tertiary alicyclic amines) is 1. The highest BCUT2D eigenvalue weighted by Crippen LogP contribution is 2.21. The summed E-state index contributed by atoms with van der Waals surface area (Å²) in [6.07, 6.45) is 1.93. The molecule has 0 amide bonds. The van der Waals surface area contributed by atoms with Crippen molar-refractivity contribution < 1.29 is 0 Å². The average molecular weight is 318 g/mol. The van der Waals surface area contributed by atoms with Crippen molar-refractivity contribution >= 4 is 11.5 Å². The Morgan fingerprint density at radius 1 is 1.32 bits per heavy atom. The fourth-order valence-corrected chi connectivity index (χ4v) is 3.24. The van der Waals surface area contributed by atoms with Gasteiger partial charge in [0, 0.05) is 48.6 Å². The van der Waals surface area contributed by atoms with E-state index in [0.717, 1.165) is 25.3 Å². The fraction of sp³-hybridized carbons (Fsp3) is 0.562. The van der Waals surface area contributed by atoms with E-state index in [0.29, 0.717) is 12.5 Å². The molecule has 0 spiro atoms. The number of rotatable bonds is 4. The van der Waals surface area contributed by atoms with Gasteiger partial charge in [0.1, 0.15) is 0 Å². The minimum atomic E-state index is -0.0347. The molecule has 22 heavy (non-hydrogen) atoms. The summed E-state index contributed by atoms with van der Waals surface area (Å²) < 4.78 is 5.76. The molecule has 1 aliphatic heterocycles. The zero-order chi connectivity index (χ0) is 15.7. The van der Waals surface area contributed by atoms with E-state index in [1.165, 1.54) is 17.1 Å². The lowest BCUT2D eigenvalue weighted by atomic mass is 9.92. The highest BCUT2D eigenvalue weighted by atomic mass is 32.1. The van der Waals surface area contributed by atoms with Crippen LogP contribution in [-0.4, -0.2) is 32.1 Å². The van der Waals surface area contributed by atoms with Crippen LogP contribution in [0.4, 0.5) is 0 Å². The lowest BCUT2D eigenvalue weighted by Gasteiger charge is -2.39. The number of nitrogens with zero attached hydrogens (tertiary/aromatic N) is 4. The van der Waals surface area contributed by atoms with Gasteiger partial charge in [0.25, 0.3) is 5.56 Å². The maximum atomic E-state index is 12.0. The Morgan fingerprint density at radius 3 is 2.73 bits per heavy atom. The van der Waals surface area contributed by atoms with E-state index in [4.69, 9.17) is 0 Å². The van der Waals surface area contributed by atoms with Gasteiger partial charge in [0.2, 0.25) is 0 Å². The summed E-state index contributed by atoms with van der Waals surface area (Å²) in [6, 6.07) is 3.48. The largest absolute Gasteiger partial charge is 0.298 e. The Balaban J connectivity index is 1.60. The summed E-state index contributed by atoms with van der Waals surface area (Å²) in [4.78, 5) is 14.4. The minimum Gasteiger partial charge on any atom is -0.298 e. The van der Waals surface area contributed by atoms with Gasteiger partial charge in [-0.2, -0.15) is 5.10 Å². The van der Waals surface area contributed by atoms with E-state index in [1.807, 2.05) is 12.3 Å². The summed E-state index contributed by atoms with van der Waals surface area (Å²) in [5, 5.41) is 6.63. The monoisotopic (exact) mass is 318 g/mol. The normalized spacial score (nSPS) is 16.7. The molecule has 0 saturated carbocycles. The Hall–Kier alpha value is -1.53. The lowest BCUT2D eigenvalue weighted by molar-refractivity contribution is 0.0764. The van der Waals surface area contributed by atoms with E-state index in [2.05, 4.69) is 40.5 Å². The molecule has 0 aromatic carbocycles. The van der Waals surface area contributed by atoms with Crippen molar-refractivity contribution in [2.24, 2.45) is 5.92 Å². The second-order valence-electron chi connectivity index (χ2n) is 7.08. The summed E-state index contributed by atoms with van der Waals surface area (Å²) in [7, 11) is 0. The van der Waals surface area contributed by atoms with Crippen molar-refractivity contribution in [3.05, 3.63) is 45.3 Å². The van der Waals surface area contributed by atoms with E-state index >= 15 is 0 Å². The van der Waals surface area contributed by atoms with Gasteiger partial charge in [-0.1, -0.05) is 20.8 Å². The van der Waals surface area contributed by atoms with Gasteiger partial charge in [-0.15, -0.1) is 0 Å². The number of hydrogen-bond donors (Lipinski definition) is 0. The Morgan fingerprint density at radius 2 is 2.09 bits per heavy atom. The first-order valence-electron chi connectivity index (χ1n) is 7.61. The first-order chi connectivity index (χ1) is 10.4. The molecule has 2 aromatic heterocycles. The van der Waals surface area contributed by atoms with Crippen LogP contribution in [0, 0.1) is 5.92 Å². The van der Waals surface area contributed by atoms with Gasteiger partial charge in [0.05, 0.1) is 12.2 Å². The standard InChI is InChI=1S/C16H22N4OS/c1-16(2,3)14-4-5-15(21)20(18-14)10-13-8-19(9-13)7-12-6-17-22-11-12/h4-6,11,13H,7-10H2,1-3H3. The van der Waals surface area contributed by atoms with Gasteiger partial charge >= 0.3 is 0 Å². The van der Waals surface area contributed by atoms with E-state index in [-0.39, 0.29) is 11.0 Å². The molecule has 0 radical (unpaired) electrons. The van der Waals surface area contributed by atoms with Crippen molar-refractivity contribution in [3.63, 3.8) is 0 Å². The van der Waals surface area contributed by atoms with Crippen molar-refractivity contribution in [3.8, 4) is 0 Å². The molecule has 3 rings (SSSR count). The zero-order valence-electron chi connectivity index (χ0n) is 13.3. The highest BCUT2D eigenvalue weighted by molar-refractivity contribution is 7.03. The summed E-state index contributed by atoms with van der Waals surface area (Å²) in [5.74, 6) is 0.506. The third-order valence-corrected chi connectivity index (χ3v) is 4.62. The van der Waals surface area contributed by atoms with Crippen LogP contribution in [0.3, 0.4) is 0 Å². The van der Waals surface area contributed by atoms with Gasteiger partial charge in [-0.3, -0.25) is 9.69 Å². The molecule has 0 aliphatic carbocycles.